The summed E-state index contributed by atoms with van der Waals surface area (Å²) >= 11 is 0. The van der Waals surface area contributed by atoms with E-state index in [2.05, 4.69) is 4.99 Å². The standard InChI is InChI=1S/C11H20N2O3/c1-11(2,3)16-10(15)9(13-8-14)6-4-5-7-12/h9H,4-7,12H2,1-3H3. The first kappa shape index (κ1) is 14.8. The predicted octanol–water partition coefficient (Wildman–Crippen LogP) is 1.16. The summed E-state index contributed by atoms with van der Waals surface area (Å²) in [6.45, 7) is 5.87. The van der Waals surface area contributed by atoms with Gasteiger partial charge in [-0.2, -0.15) is 4.99 Å². The van der Waals surface area contributed by atoms with Crippen molar-refractivity contribution in [3.05, 3.63) is 0 Å². The Bertz CT molecular complexity index is 265. The maximum absolute atomic E-state index is 11.6. The molecular weight excluding hydrogens is 208 g/mol. The molecule has 0 rings (SSSR count). The summed E-state index contributed by atoms with van der Waals surface area (Å²) in [6, 6.07) is -0.747. The quantitative estimate of drug-likeness (QED) is 0.320. The molecular formula is C11H20N2O3. The fourth-order valence-corrected chi connectivity index (χ4v) is 1.15. The first-order valence-electron chi connectivity index (χ1n) is 5.40. The van der Waals surface area contributed by atoms with Gasteiger partial charge in [0.15, 0.2) is 6.04 Å². The van der Waals surface area contributed by atoms with E-state index in [1.807, 2.05) is 0 Å². The van der Waals surface area contributed by atoms with Crippen LogP contribution in [-0.4, -0.2) is 30.2 Å². The smallest absolute Gasteiger partial charge is 0.332 e. The molecule has 0 saturated carbocycles. The van der Waals surface area contributed by atoms with Gasteiger partial charge in [-0.1, -0.05) is 0 Å². The molecule has 0 aromatic carbocycles. The average molecular weight is 228 g/mol. The third-order valence-electron chi connectivity index (χ3n) is 1.82. The van der Waals surface area contributed by atoms with E-state index in [9.17, 15) is 9.59 Å². The highest BCUT2D eigenvalue weighted by Gasteiger charge is 2.24. The van der Waals surface area contributed by atoms with E-state index >= 15 is 0 Å². The molecule has 0 fully saturated rings. The van der Waals surface area contributed by atoms with Gasteiger partial charge in [0.1, 0.15) is 5.60 Å². The summed E-state index contributed by atoms with van der Waals surface area (Å²) in [6.07, 6.45) is 3.42. The molecule has 0 aromatic heterocycles. The van der Waals surface area contributed by atoms with Crippen molar-refractivity contribution in [2.45, 2.75) is 51.7 Å². The monoisotopic (exact) mass is 228 g/mol. The van der Waals surface area contributed by atoms with Crippen LogP contribution < -0.4 is 5.73 Å². The summed E-state index contributed by atoms with van der Waals surface area (Å²) in [5.41, 5.74) is 4.77. The minimum Gasteiger partial charge on any atom is -0.458 e. The fourth-order valence-electron chi connectivity index (χ4n) is 1.15. The number of isocyanates is 1. The number of ether oxygens (including phenoxy) is 1. The van der Waals surface area contributed by atoms with E-state index in [1.54, 1.807) is 20.8 Å². The first-order chi connectivity index (χ1) is 7.40. The maximum atomic E-state index is 11.6. The average Bonchev–Trinajstić information content (AvgIpc) is 2.14. The van der Waals surface area contributed by atoms with Crippen LogP contribution in [-0.2, 0) is 14.3 Å². The van der Waals surface area contributed by atoms with E-state index in [-0.39, 0.29) is 0 Å². The van der Waals surface area contributed by atoms with Crippen LogP contribution in [0.4, 0.5) is 0 Å². The van der Waals surface area contributed by atoms with Gasteiger partial charge < -0.3 is 10.5 Å². The van der Waals surface area contributed by atoms with Gasteiger partial charge in [0.2, 0.25) is 6.08 Å². The van der Waals surface area contributed by atoms with Gasteiger partial charge in [-0.3, -0.25) is 0 Å². The highest BCUT2D eigenvalue weighted by molar-refractivity contribution is 5.77. The van der Waals surface area contributed by atoms with Crippen molar-refractivity contribution < 1.29 is 14.3 Å². The van der Waals surface area contributed by atoms with Crippen molar-refractivity contribution >= 4 is 12.0 Å². The van der Waals surface area contributed by atoms with Gasteiger partial charge in [0.25, 0.3) is 0 Å². The van der Waals surface area contributed by atoms with Crippen LogP contribution in [0.5, 0.6) is 0 Å². The van der Waals surface area contributed by atoms with E-state index in [1.165, 1.54) is 6.08 Å². The molecule has 0 radical (unpaired) electrons. The Labute approximate surface area is 96.1 Å². The number of hydrogen-bond donors (Lipinski definition) is 1. The number of nitrogens with zero attached hydrogens (tertiary/aromatic N) is 1. The second-order valence-electron chi connectivity index (χ2n) is 4.55. The number of rotatable bonds is 6. The number of unbranched alkanes of at least 4 members (excludes halogenated alkanes) is 1. The topological polar surface area (TPSA) is 81.8 Å². The van der Waals surface area contributed by atoms with Gasteiger partial charge >= 0.3 is 5.97 Å². The normalized spacial score (nSPS) is 12.8. The molecule has 92 valence electrons. The largest absolute Gasteiger partial charge is 0.458 e. The zero-order chi connectivity index (χ0) is 12.6. The molecule has 0 saturated heterocycles. The molecule has 0 bridgehead atoms. The van der Waals surface area contributed by atoms with E-state index in [4.69, 9.17) is 10.5 Å². The fraction of sp³-hybridized carbons (Fsp3) is 0.818. The minimum atomic E-state index is -0.747. The molecule has 0 heterocycles. The Balaban J connectivity index is 4.30. The second kappa shape index (κ2) is 7.14. The summed E-state index contributed by atoms with van der Waals surface area (Å²) in [4.78, 5) is 25.3. The van der Waals surface area contributed by atoms with Crippen molar-refractivity contribution in [1.29, 1.82) is 0 Å². The van der Waals surface area contributed by atoms with Gasteiger partial charge in [-0.05, 0) is 46.6 Å². The van der Waals surface area contributed by atoms with Gasteiger partial charge in [-0.15, -0.1) is 0 Å². The number of esters is 1. The van der Waals surface area contributed by atoms with E-state index in [0.29, 0.717) is 13.0 Å². The van der Waals surface area contributed by atoms with E-state index in [0.717, 1.165) is 12.8 Å². The summed E-state index contributed by atoms with van der Waals surface area (Å²) in [7, 11) is 0. The van der Waals surface area contributed by atoms with Crippen molar-refractivity contribution in [2.24, 2.45) is 10.7 Å². The third kappa shape index (κ3) is 7.15. The number of aliphatic imine (C=N–C) groups is 1. The number of nitrogens with two attached hydrogens (primary N) is 1. The molecule has 2 N–H and O–H groups in total. The Morgan fingerprint density at radius 1 is 1.44 bits per heavy atom. The van der Waals surface area contributed by atoms with Gasteiger partial charge in [0, 0.05) is 0 Å². The highest BCUT2D eigenvalue weighted by atomic mass is 16.6. The van der Waals surface area contributed by atoms with Crippen LogP contribution >= 0.6 is 0 Å². The molecule has 16 heavy (non-hydrogen) atoms. The summed E-state index contributed by atoms with van der Waals surface area (Å²) < 4.78 is 5.14. The van der Waals surface area contributed by atoms with Crippen LogP contribution in [0.25, 0.3) is 0 Å². The highest BCUT2D eigenvalue weighted by Crippen LogP contribution is 2.13. The number of carbonyl (C=O) groups is 1. The number of carbonyl (C=O) groups excluding carboxylic acids is 2. The van der Waals surface area contributed by atoms with Gasteiger partial charge in [0.05, 0.1) is 0 Å². The van der Waals surface area contributed by atoms with Crippen molar-refractivity contribution in [2.75, 3.05) is 6.54 Å². The lowest BCUT2D eigenvalue weighted by Gasteiger charge is -2.21. The Kier molecular flexibility index (Phi) is 6.61. The molecule has 0 aliphatic carbocycles. The third-order valence-corrected chi connectivity index (χ3v) is 1.82. The molecule has 5 heteroatoms. The molecule has 0 aromatic rings. The molecule has 1 atom stereocenters. The Morgan fingerprint density at radius 3 is 2.50 bits per heavy atom. The predicted molar refractivity (Wildman–Crippen MR) is 60.7 cm³/mol. The zero-order valence-electron chi connectivity index (χ0n) is 10.2. The molecule has 5 nitrogen and oxygen atoms in total. The summed E-state index contributed by atoms with van der Waals surface area (Å²) in [5, 5.41) is 0. The van der Waals surface area contributed by atoms with Crippen molar-refractivity contribution in [1.82, 2.24) is 0 Å². The molecule has 1 unspecified atom stereocenters. The maximum Gasteiger partial charge on any atom is 0.332 e. The van der Waals surface area contributed by atoms with Crippen LogP contribution in [0.1, 0.15) is 40.0 Å². The Hall–Kier alpha value is -1.19. The second-order valence-corrected chi connectivity index (χ2v) is 4.55. The lowest BCUT2D eigenvalue weighted by Crippen LogP contribution is -2.31. The Morgan fingerprint density at radius 2 is 2.06 bits per heavy atom. The van der Waals surface area contributed by atoms with Crippen LogP contribution in [0.3, 0.4) is 0 Å². The lowest BCUT2D eigenvalue weighted by molar-refractivity contribution is -0.156. The van der Waals surface area contributed by atoms with E-state index < -0.39 is 17.6 Å². The number of hydrogen-bond acceptors (Lipinski definition) is 5. The van der Waals surface area contributed by atoms with Crippen molar-refractivity contribution in [3.8, 4) is 0 Å². The van der Waals surface area contributed by atoms with Gasteiger partial charge in [-0.25, -0.2) is 9.59 Å². The zero-order valence-corrected chi connectivity index (χ0v) is 10.2. The van der Waals surface area contributed by atoms with Crippen molar-refractivity contribution in [3.63, 3.8) is 0 Å². The lowest BCUT2D eigenvalue weighted by atomic mass is 10.1. The van der Waals surface area contributed by atoms with Crippen LogP contribution in [0, 0.1) is 0 Å². The molecule has 0 spiro atoms. The molecule has 0 aliphatic heterocycles. The van der Waals surface area contributed by atoms with Crippen LogP contribution in [0.2, 0.25) is 0 Å². The minimum absolute atomic E-state index is 0.474. The SMILES string of the molecule is CC(C)(C)OC(=O)C(CCCCN)N=C=O. The first-order valence-corrected chi connectivity index (χ1v) is 5.40. The summed E-state index contributed by atoms with van der Waals surface area (Å²) in [5.74, 6) is -0.479. The van der Waals surface area contributed by atoms with Crippen LogP contribution in [0.15, 0.2) is 4.99 Å². The molecule has 0 amide bonds. The molecule has 0 aliphatic rings.